The van der Waals surface area contributed by atoms with Crippen molar-refractivity contribution in [2.24, 2.45) is 17.3 Å². The maximum atomic E-state index is 14.0. The van der Waals surface area contributed by atoms with Crippen LogP contribution in [0.3, 0.4) is 0 Å². The van der Waals surface area contributed by atoms with Gasteiger partial charge in [0.2, 0.25) is 12.3 Å². The largest absolute Gasteiger partial charge is 0.493 e. The number of amides is 2. The van der Waals surface area contributed by atoms with Crippen molar-refractivity contribution in [2.45, 2.75) is 71.1 Å². The summed E-state index contributed by atoms with van der Waals surface area (Å²) in [7, 11) is 1.61. The summed E-state index contributed by atoms with van der Waals surface area (Å²) in [5.41, 5.74) is 3.10. The Kier molecular flexibility index (Phi) is 8.38. The normalized spacial score (nSPS) is 24.7. The molecular weight excluding hydrogens is 588 g/mol. The highest BCUT2D eigenvalue weighted by Gasteiger charge is 2.56. The third-order valence-corrected chi connectivity index (χ3v) is 10.9. The minimum Gasteiger partial charge on any atom is -0.493 e. The Bertz CT molecular complexity index is 1570. The fraction of sp³-hybridized carbons (Fsp3) is 0.459. The van der Waals surface area contributed by atoms with Gasteiger partial charge in [-0.1, -0.05) is 49.2 Å². The molecule has 1 N–H and O–H groups in total. The highest BCUT2D eigenvalue weighted by atomic mass is 35.5. The maximum absolute atomic E-state index is 14.0. The zero-order chi connectivity index (χ0) is 32.1. The Morgan fingerprint density at radius 1 is 1.07 bits per heavy atom. The van der Waals surface area contributed by atoms with Gasteiger partial charge in [0.15, 0.2) is 11.5 Å². The molecule has 2 heterocycles. The van der Waals surface area contributed by atoms with Crippen LogP contribution in [0.15, 0.2) is 60.7 Å². The molecule has 6 rings (SSSR count). The van der Waals surface area contributed by atoms with Gasteiger partial charge in [-0.2, -0.15) is 0 Å². The molecule has 0 radical (unpaired) electrons. The number of methoxy groups -OCH3 is 1. The van der Waals surface area contributed by atoms with E-state index in [1.165, 1.54) is 0 Å². The van der Waals surface area contributed by atoms with E-state index in [9.17, 15) is 14.7 Å². The molecule has 5 atom stereocenters. The molecule has 2 amide bonds. The molecule has 1 saturated heterocycles. The van der Waals surface area contributed by atoms with Gasteiger partial charge in [0.05, 0.1) is 31.3 Å². The second-order valence-electron chi connectivity index (χ2n) is 13.5. The number of carbonyl (C=O) groups excluding carboxylic acids is 2. The molecule has 8 heteroatoms. The van der Waals surface area contributed by atoms with E-state index in [2.05, 4.69) is 6.92 Å². The van der Waals surface area contributed by atoms with Crippen molar-refractivity contribution < 1.29 is 24.2 Å². The first-order valence-electron chi connectivity index (χ1n) is 16.0. The first kappa shape index (κ1) is 31.4. The smallest absolute Gasteiger partial charge is 0.232 e. The standard InChI is InChI=1S/C37H43ClN2O5/c1-23(2)45-33-19-31-26(17-32(33)44-5)18-34(42)40(35(31)25-8-12-29(38)13-9-25)30-14-10-27(11-15-30)36(4,43)24(3)37-16-6-7-28(37)20-39(21-37)22-41/h8-15,17,19,22-24,28,35,43H,6-7,16,18,20-21H2,1-5H3/t24?,28-,35+,36?,37?/m1/s1. The quantitative estimate of drug-likeness (QED) is 0.260. The van der Waals surface area contributed by atoms with Gasteiger partial charge in [0.25, 0.3) is 0 Å². The van der Waals surface area contributed by atoms with Gasteiger partial charge in [-0.25, -0.2) is 0 Å². The van der Waals surface area contributed by atoms with Crippen molar-refractivity contribution in [2.75, 3.05) is 25.1 Å². The van der Waals surface area contributed by atoms with E-state index >= 15 is 0 Å². The van der Waals surface area contributed by atoms with E-state index < -0.39 is 11.6 Å². The molecule has 2 fully saturated rings. The van der Waals surface area contributed by atoms with Crippen LogP contribution in [-0.4, -0.2) is 48.6 Å². The number of ether oxygens (including phenoxy) is 2. The second-order valence-corrected chi connectivity index (χ2v) is 14.0. The van der Waals surface area contributed by atoms with Crippen LogP contribution in [0.4, 0.5) is 5.69 Å². The summed E-state index contributed by atoms with van der Waals surface area (Å²) >= 11 is 6.28. The third kappa shape index (κ3) is 5.48. The molecule has 3 aliphatic rings. The number of likely N-dealkylation sites (tertiary alicyclic amines) is 1. The average Bonchev–Trinajstić information content (AvgIpc) is 3.58. The van der Waals surface area contributed by atoms with Gasteiger partial charge in [-0.05, 0) is 110 Å². The number of halogens is 1. The Hall–Kier alpha value is -3.55. The summed E-state index contributed by atoms with van der Waals surface area (Å²) in [5, 5.41) is 12.7. The van der Waals surface area contributed by atoms with Crippen molar-refractivity contribution in [3.63, 3.8) is 0 Å². The predicted octanol–water partition coefficient (Wildman–Crippen LogP) is 6.92. The maximum Gasteiger partial charge on any atom is 0.232 e. The molecular formula is C37H43ClN2O5. The number of nitrogens with zero attached hydrogens (tertiary/aromatic N) is 2. The van der Waals surface area contributed by atoms with Crippen LogP contribution in [0.2, 0.25) is 5.02 Å². The summed E-state index contributed by atoms with van der Waals surface area (Å²) in [4.78, 5) is 29.3. The van der Waals surface area contributed by atoms with Crippen LogP contribution in [0.25, 0.3) is 0 Å². The van der Waals surface area contributed by atoms with Crippen molar-refractivity contribution in [1.82, 2.24) is 4.90 Å². The lowest BCUT2D eigenvalue weighted by molar-refractivity contribution is -0.119. The molecule has 3 aromatic rings. The minimum absolute atomic E-state index is 0.0393. The molecule has 7 nitrogen and oxygen atoms in total. The summed E-state index contributed by atoms with van der Waals surface area (Å²) in [6, 6.07) is 18.9. The van der Waals surface area contributed by atoms with Crippen molar-refractivity contribution in [3.8, 4) is 11.5 Å². The number of benzene rings is 3. The van der Waals surface area contributed by atoms with Gasteiger partial charge in [0.1, 0.15) is 0 Å². The Balaban J connectivity index is 1.38. The van der Waals surface area contributed by atoms with E-state index in [-0.39, 0.29) is 29.8 Å². The van der Waals surface area contributed by atoms with Gasteiger partial charge in [-0.15, -0.1) is 0 Å². The lowest BCUT2D eigenvalue weighted by atomic mass is 9.63. The van der Waals surface area contributed by atoms with E-state index in [0.29, 0.717) is 29.0 Å². The first-order valence-corrected chi connectivity index (χ1v) is 16.3. The summed E-state index contributed by atoms with van der Waals surface area (Å²) < 4.78 is 11.8. The number of hydrogen-bond donors (Lipinski definition) is 1. The number of anilines is 1. The Morgan fingerprint density at radius 3 is 2.42 bits per heavy atom. The van der Waals surface area contributed by atoms with E-state index in [4.69, 9.17) is 21.1 Å². The average molecular weight is 631 g/mol. The van der Waals surface area contributed by atoms with E-state index in [0.717, 1.165) is 60.2 Å². The molecule has 3 aromatic carbocycles. The van der Waals surface area contributed by atoms with Gasteiger partial charge < -0.3 is 24.4 Å². The lowest BCUT2D eigenvalue weighted by Crippen LogP contribution is -2.45. The SMILES string of the molecule is COc1cc2c(cc1OC(C)C)[C@H](c1ccc(Cl)cc1)N(c1ccc(C(C)(O)C(C)C34CCC[C@@H]3CN(C=O)C4)cc1)C(=O)C2. The summed E-state index contributed by atoms with van der Waals surface area (Å²) in [5.74, 6) is 1.53. The molecule has 1 saturated carbocycles. The number of carbonyl (C=O) groups is 2. The fourth-order valence-corrected chi connectivity index (χ4v) is 8.39. The topological polar surface area (TPSA) is 79.3 Å². The van der Waals surface area contributed by atoms with Gasteiger partial charge in [0, 0.05) is 23.8 Å². The molecule has 238 valence electrons. The highest BCUT2D eigenvalue weighted by Crippen LogP contribution is 2.57. The van der Waals surface area contributed by atoms with Crippen LogP contribution in [0, 0.1) is 17.3 Å². The van der Waals surface area contributed by atoms with Gasteiger partial charge in [-0.3, -0.25) is 9.59 Å². The summed E-state index contributed by atoms with van der Waals surface area (Å²) in [6.07, 6.45) is 4.33. The lowest BCUT2D eigenvalue weighted by Gasteiger charge is -2.44. The molecule has 3 unspecified atom stereocenters. The van der Waals surface area contributed by atoms with Crippen molar-refractivity contribution >= 4 is 29.6 Å². The number of fused-ring (bicyclic) bond motifs is 2. The molecule has 0 spiro atoms. The van der Waals surface area contributed by atoms with Crippen LogP contribution < -0.4 is 14.4 Å². The van der Waals surface area contributed by atoms with E-state index in [1.807, 2.05) is 91.2 Å². The zero-order valence-corrected chi connectivity index (χ0v) is 27.5. The Morgan fingerprint density at radius 2 is 1.78 bits per heavy atom. The van der Waals surface area contributed by atoms with Crippen molar-refractivity contribution in [3.05, 3.63) is 87.9 Å². The molecule has 0 aromatic heterocycles. The Labute approximate surface area is 271 Å². The number of rotatable bonds is 9. The minimum atomic E-state index is -1.12. The van der Waals surface area contributed by atoms with E-state index in [1.54, 1.807) is 7.11 Å². The summed E-state index contributed by atoms with van der Waals surface area (Å²) in [6.45, 7) is 9.42. The zero-order valence-electron chi connectivity index (χ0n) is 26.8. The van der Waals surface area contributed by atoms with Gasteiger partial charge >= 0.3 is 0 Å². The molecule has 0 bridgehead atoms. The number of aliphatic hydroxyl groups is 1. The second kappa shape index (κ2) is 12.0. The van der Waals surface area contributed by atoms with Crippen LogP contribution in [-0.2, 0) is 21.6 Å². The monoisotopic (exact) mass is 630 g/mol. The fourth-order valence-electron chi connectivity index (χ4n) is 8.26. The number of hydrogen-bond acceptors (Lipinski definition) is 5. The van der Waals surface area contributed by atoms with Crippen LogP contribution >= 0.6 is 11.6 Å². The highest BCUT2D eigenvalue weighted by molar-refractivity contribution is 6.30. The van der Waals surface area contributed by atoms with Crippen LogP contribution in [0.5, 0.6) is 11.5 Å². The molecule has 1 aliphatic carbocycles. The van der Waals surface area contributed by atoms with Crippen LogP contribution in [0.1, 0.15) is 75.3 Å². The third-order valence-electron chi connectivity index (χ3n) is 10.7. The predicted molar refractivity (Wildman–Crippen MR) is 176 cm³/mol. The molecule has 45 heavy (non-hydrogen) atoms. The molecule has 2 aliphatic heterocycles. The first-order chi connectivity index (χ1) is 21.5. The van der Waals surface area contributed by atoms with Crippen molar-refractivity contribution in [1.29, 1.82) is 0 Å².